The van der Waals surface area contributed by atoms with Crippen LogP contribution in [0, 0.1) is 11.8 Å². The Bertz CT molecular complexity index is 953. The van der Waals surface area contributed by atoms with Crippen molar-refractivity contribution in [2.75, 3.05) is 13.1 Å². The number of nitrogens with one attached hydrogen (secondary N) is 1. The smallest absolute Gasteiger partial charge is 0.223 e. The number of Topliss-reactive ketones (excluding diaryl/α,β-unsaturated/α-hetero) is 1. The lowest BCUT2D eigenvalue weighted by Gasteiger charge is -2.64. The monoisotopic (exact) mass is 438 g/mol. The molecule has 3 saturated carbocycles. The van der Waals surface area contributed by atoms with Crippen LogP contribution in [0.2, 0.25) is 0 Å². The zero-order chi connectivity index (χ0) is 22.1. The Morgan fingerprint density at radius 2 is 1.97 bits per heavy atom. The van der Waals surface area contributed by atoms with Gasteiger partial charge in [-0.3, -0.25) is 14.5 Å². The van der Waals surface area contributed by atoms with Gasteiger partial charge in [-0.1, -0.05) is 18.9 Å². The van der Waals surface area contributed by atoms with Crippen LogP contribution in [0.4, 0.5) is 0 Å². The Labute approximate surface area is 189 Å². The molecule has 0 aromatic heterocycles. The van der Waals surface area contributed by atoms with E-state index < -0.39 is 17.1 Å². The standard InChI is InChI=1S/C26H34N2O4/c29-19-8-7-18-11-23-26(32)13-21(27-24(31)17-3-1-2-4-17)22(30)14-25(26,20(18)12-19)9-10-28(23)15-16-5-6-16/h7-8,12,16-17,21,23,29,32H,1-6,9-11,13-15H2,(H,27,31)/t21-,23+,25?,26+/m0/s1. The number of fused-ring (bicyclic) bond motifs is 1. The number of aliphatic hydroxyl groups is 1. The second-order valence-corrected chi connectivity index (χ2v) is 11.1. The molecular formula is C26H34N2O4. The van der Waals surface area contributed by atoms with Crippen LogP contribution in [0.25, 0.3) is 0 Å². The molecule has 4 aliphatic carbocycles. The van der Waals surface area contributed by atoms with Crippen molar-refractivity contribution in [1.82, 2.24) is 10.2 Å². The summed E-state index contributed by atoms with van der Waals surface area (Å²) in [6.45, 7) is 1.87. The van der Waals surface area contributed by atoms with Crippen LogP contribution < -0.4 is 5.32 Å². The number of rotatable bonds is 4. The molecule has 3 N–H and O–H groups in total. The Kier molecular flexibility index (Phi) is 4.71. The van der Waals surface area contributed by atoms with Gasteiger partial charge >= 0.3 is 0 Å². The average Bonchev–Trinajstić information content (AvgIpc) is 3.40. The third kappa shape index (κ3) is 3.06. The number of likely N-dealkylation sites (tertiary alicyclic amines) is 1. The second kappa shape index (κ2) is 7.29. The Hall–Kier alpha value is -1.92. The van der Waals surface area contributed by atoms with Gasteiger partial charge in [-0.05, 0) is 74.2 Å². The van der Waals surface area contributed by atoms with Gasteiger partial charge in [0.25, 0.3) is 0 Å². The van der Waals surface area contributed by atoms with E-state index in [4.69, 9.17) is 0 Å². The highest BCUT2D eigenvalue weighted by molar-refractivity contribution is 5.92. The third-order valence-corrected chi connectivity index (χ3v) is 9.28. The van der Waals surface area contributed by atoms with Gasteiger partial charge in [0.05, 0.1) is 11.6 Å². The predicted octanol–water partition coefficient (Wildman–Crippen LogP) is 2.44. The highest BCUT2D eigenvalue weighted by atomic mass is 16.3. The number of hydrogen-bond donors (Lipinski definition) is 3. The van der Waals surface area contributed by atoms with Gasteiger partial charge < -0.3 is 15.5 Å². The molecule has 6 heteroatoms. The first kappa shape index (κ1) is 20.7. The quantitative estimate of drug-likeness (QED) is 0.672. The number of piperidine rings is 1. The number of phenolic OH excluding ortho intramolecular Hbond substituents is 1. The SMILES string of the molecule is O=C(N[C@H]1C[C@@]2(O)[C@H]3Cc4ccc(O)cc4C2(CCN3CC2CC2)CC1=O)C1CCCC1. The average molecular weight is 439 g/mol. The van der Waals surface area contributed by atoms with Crippen molar-refractivity contribution < 1.29 is 19.8 Å². The minimum absolute atomic E-state index is 0.00298. The Morgan fingerprint density at radius 3 is 2.72 bits per heavy atom. The summed E-state index contributed by atoms with van der Waals surface area (Å²) in [4.78, 5) is 28.7. The van der Waals surface area contributed by atoms with Crippen molar-refractivity contribution in [2.45, 2.75) is 87.3 Å². The maximum absolute atomic E-state index is 13.4. The molecule has 4 atom stereocenters. The van der Waals surface area contributed by atoms with E-state index in [1.165, 1.54) is 12.8 Å². The first-order valence-electron chi connectivity index (χ1n) is 12.5. The summed E-state index contributed by atoms with van der Waals surface area (Å²) in [5.41, 5.74) is 0.300. The lowest BCUT2D eigenvalue weighted by Crippen LogP contribution is -2.76. The van der Waals surface area contributed by atoms with Crippen molar-refractivity contribution in [2.24, 2.45) is 11.8 Å². The summed E-state index contributed by atoms with van der Waals surface area (Å²) in [6, 6.07) is 4.78. The first-order chi connectivity index (χ1) is 15.4. The highest BCUT2D eigenvalue weighted by Gasteiger charge is 2.66. The fourth-order valence-corrected chi connectivity index (χ4v) is 7.36. The van der Waals surface area contributed by atoms with E-state index in [2.05, 4.69) is 10.2 Å². The van der Waals surface area contributed by atoms with Crippen LogP contribution in [0.1, 0.15) is 68.9 Å². The molecule has 1 amide bonds. The molecule has 5 aliphatic rings. The van der Waals surface area contributed by atoms with Crippen molar-refractivity contribution in [1.29, 1.82) is 0 Å². The second-order valence-electron chi connectivity index (χ2n) is 11.1. The van der Waals surface area contributed by atoms with Crippen LogP contribution in [0.3, 0.4) is 0 Å². The number of carbonyl (C=O) groups excluding carboxylic acids is 2. The number of ketones is 1. The van der Waals surface area contributed by atoms with Gasteiger partial charge in [-0.15, -0.1) is 0 Å². The summed E-state index contributed by atoms with van der Waals surface area (Å²) >= 11 is 0. The number of hydrogen-bond acceptors (Lipinski definition) is 5. The number of aromatic hydroxyl groups is 1. The number of benzene rings is 1. The van der Waals surface area contributed by atoms with Crippen LogP contribution in [0.5, 0.6) is 5.75 Å². The van der Waals surface area contributed by atoms with E-state index in [9.17, 15) is 19.8 Å². The molecule has 2 bridgehead atoms. The van der Waals surface area contributed by atoms with Gasteiger partial charge in [0.2, 0.25) is 5.91 Å². The normalized spacial score (nSPS) is 37.1. The molecule has 0 spiro atoms. The summed E-state index contributed by atoms with van der Waals surface area (Å²) in [5, 5.41) is 25.7. The highest BCUT2D eigenvalue weighted by Crippen LogP contribution is 2.58. The molecule has 1 aliphatic heterocycles. The molecule has 6 nitrogen and oxygen atoms in total. The van der Waals surface area contributed by atoms with Crippen molar-refractivity contribution in [3.8, 4) is 5.75 Å². The largest absolute Gasteiger partial charge is 0.508 e. The van der Waals surface area contributed by atoms with E-state index in [-0.39, 0.29) is 42.2 Å². The zero-order valence-electron chi connectivity index (χ0n) is 18.7. The topological polar surface area (TPSA) is 89.9 Å². The number of nitrogens with zero attached hydrogens (tertiary/aromatic N) is 1. The molecule has 6 rings (SSSR count). The lowest BCUT2D eigenvalue weighted by atomic mass is 9.48. The van der Waals surface area contributed by atoms with Crippen LogP contribution in [0.15, 0.2) is 18.2 Å². The fraction of sp³-hybridized carbons (Fsp3) is 0.692. The van der Waals surface area contributed by atoms with E-state index in [1.807, 2.05) is 6.07 Å². The maximum Gasteiger partial charge on any atom is 0.223 e. The molecule has 1 aromatic rings. The molecule has 1 unspecified atom stereocenters. The van der Waals surface area contributed by atoms with Crippen molar-refractivity contribution in [3.05, 3.63) is 29.3 Å². The lowest BCUT2D eigenvalue weighted by molar-refractivity contribution is -0.178. The molecule has 172 valence electrons. The maximum atomic E-state index is 13.4. The molecule has 1 heterocycles. The van der Waals surface area contributed by atoms with Gasteiger partial charge in [0, 0.05) is 36.8 Å². The summed E-state index contributed by atoms with van der Waals surface area (Å²) in [5.74, 6) is 0.905. The molecular weight excluding hydrogens is 404 g/mol. The third-order valence-electron chi connectivity index (χ3n) is 9.28. The van der Waals surface area contributed by atoms with E-state index in [0.717, 1.165) is 62.2 Å². The molecule has 1 saturated heterocycles. The predicted molar refractivity (Wildman–Crippen MR) is 119 cm³/mol. The Balaban J connectivity index is 1.36. The van der Waals surface area contributed by atoms with Crippen LogP contribution >= 0.6 is 0 Å². The van der Waals surface area contributed by atoms with Crippen LogP contribution in [-0.4, -0.2) is 57.6 Å². The van der Waals surface area contributed by atoms with E-state index >= 15 is 0 Å². The van der Waals surface area contributed by atoms with Gasteiger partial charge in [-0.25, -0.2) is 0 Å². The minimum atomic E-state index is -1.09. The van der Waals surface area contributed by atoms with E-state index in [1.54, 1.807) is 12.1 Å². The first-order valence-corrected chi connectivity index (χ1v) is 12.5. The molecule has 0 radical (unpaired) electrons. The van der Waals surface area contributed by atoms with Crippen LogP contribution in [-0.2, 0) is 21.4 Å². The van der Waals surface area contributed by atoms with Crippen molar-refractivity contribution in [3.63, 3.8) is 0 Å². The van der Waals surface area contributed by atoms with Gasteiger partial charge in [-0.2, -0.15) is 0 Å². The molecule has 32 heavy (non-hydrogen) atoms. The number of amides is 1. The van der Waals surface area contributed by atoms with Gasteiger partial charge in [0.15, 0.2) is 5.78 Å². The number of phenols is 1. The minimum Gasteiger partial charge on any atom is -0.508 e. The van der Waals surface area contributed by atoms with Gasteiger partial charge in [0.1, 0.15) is 5.75 Å². The number of carbonyl (C=O) groups is 2. The molecule has 4 fully saturated rings. The van der Waals surface area contributed by atoms with Crippen molar-refractivity contribution >= 4 is 11.7 Å². The summed E-state index contributed by atoms with van der Waals surface area (Å²) < 4.78 is 0. The Morgan fingerprint density at radius 1 is 1.19 bits per heavy atom. The zero-order valence-corrected chi connectivity index (χ0v) is 18.7. The van der Waals surface area contributed by atoms with E-state index in [0.29, 0.717) is 6.42 Å². The summed E-state index contributed by atoms with van der Waals surface area (Å²) in [6.07, 6.45) is 8.37. The summed E-state index contributed by atoms with van der Waals surface area (Å²) in [7, 11) is 0. The molecule has 1 aromatic carbocycles. The fourth-order valence-electron chi connectivity index (χ4n) is 7.36.